The Labute approximate surface area is 146 Å². The molecule has 25 heavy (non-hydrogen) atoms. The van der Waals surface area contributed by atoms with Crippen molar-refractivity contribution in [1.82, 2.24) is 9.78 Å². The number of ether oxygens (including phenoxy) is 1. The molecule has 126 valence electrons. The number of para-hydroxylation sites is 2. The Morgan fingerprint density at radius 3 is 2.60 bits per heavy atom. The quantitative estimate of drug-likeness (QED) is 0.795. The third-order valence-electron chi connectivity index (χ3n) is 4.57. The van der Waals surface area contributed by atoms with Gasteiger partial charge in [-0.2, -0.15) is 5.10 Å². The van der Waals surface area contributed by atoms with E-state index in [0.29, 0.717) is 5.82 Å². The summed E-state index contributed by atoms with van der Waals surface area (Å²) in [5.74, 6) is 1.29. The van der Waals surface area contributed by atoms with E-state index < -0.39 is 6.10 Å². The molecule has 0 radical (unpaired) electrons. The van der Waals surface area contributed by atoms with Gasteiger partial charge in [-0.05, 0) is 25.1 Å². The molecule has 4 rings (SSSR count). The van der Waals surface area contributed by atoms with Crippen LogP contribution in [-0.4, -0.2) is 21.8 Å². The van der Waals surface area contributed by atoms with Crippen molar-refractivity contribution >= 4 is 11.7 Å². The molecule has 5 heteroatoms. The molecule has 0 aliphatic carbocycles. The van der Waals surface area contributed by atoms with Gasteiger partial charge in [0.25, 0.3) is 5.91 Å². The number of benzene rings is 2. The highest BCUT2D eigenvalue weighted by Gasteiger charge is 2.36. The molecule has 2 atom stereocenters. The van der Waals surface area contributed by atoms with Crippen LogP contribution in [0.2, 0.25) is 0 Å². The van der Waals surface area contributed by atoms with Crippen LogP contribution in [0.5, 0.6) is 5.75 Å². The van der Waals surface area contributed by atoms with Crippen LogP contribution >= 0.6 is 0 Å². The number of aromatic nitrogens is 2. The molecule has 0 saturated heterocycles. The zero-order chi connectivity index (χ0) is 17.4. The van der Waals surface area contributed by atoms with Crippen LogP contribution in [0.4, 0.5) is 5.82 Å². The van der Waals surface area contributed by atoms with E-state index in [1.807, 2.05) is 68.4 Å². The van der Waals surface area contributed by atoms with Gasteiger partial charge < -0.3 is 10.1 Å². The van der Waals surface area contributed by atoms with Crippen LogP contribution in [0, 0.1) is 6.92 Å². The highest BCUT2D eigenvalue weighted by molar-refractivity contribution is 5.95. The van der Waals surface area contributed by atoms with Gasteiger partial charge in [-0.1, -0.05) is 43.3 Å². The van der Waals surface area contributed by atoms with E-state index in [9.17, 15) is 4.79 Å². The van der Waals surface area contributed by atoms with Crippen molar-refractivity contribution in [2.45, 2.75) is 25.9 Å². The van der Waals surface area contributed by atoms with Gasteiger partial charge in [-0.15, -0.1) is 0 Å². The molecule has 0 saturated carbocycles. The molecule has 1 N–H and O–H groups in total. The monoisotopic (exact) mass is 333 g/mol. The number of amides is 1. The first-order chi connectivity index (χ1) is 12.1. The predicted molar refractivity (Wildman–Crippen MR) is 96.2 cm³/mol. The lowest BCUT2D eigenvalue weighted by Gasteiger charge is -2.16. The first kappa shape index (κ1) is 15.4. The average molecular weight is 333 g/mol. The van der Waals surface area contributed by atoms with Crippen molar-refractivity contribution in [2.24, 2.45) is 0 Å². The summed E-state index contributed by atoms with van der Waals surface area (Å²) in [4.78, 5) is 12.9. The number of hydrogen-bond donors (Lipinski definition) is 1. The van der Waals surface area contributed by atoms with Crippen molar-refractivity contribution in [3.63, 3.8) is 0 Å². The zero-order valence-corrected chi connectivity index (χ0v) is 14.1. The fourth-order valence-corrected chi connectivity index (χ4v) is 3.18. The van der Waals surface area contributed by atoms with Gasteiger partial charge in [0.05, 0.1) is 11.9 Å². The van der Waals surface area contributed by atoms with E-state index >= 15 is 0 Å². The lowest BCUT2D eigenvalue weighted by molar-refractivity contribution is -0.122. The number of nitrogens with zero attached hydrogens (tertiary/aromatic N) is 2. The van der Waals surface area contributed by atoms with Gasteiger partial charge in [-0.25, -0.2) is 4.68 Å². The number of anilines is 1. The summed E-state index contributed by atoms with van der Waals surface area (Å²) in [6.45, 7) is 3.94. The lowest BCUT2D eigenvalue weighted by Crippen LogP contribution is -2.34. The van der Waals surface area contributed by atoms with Gasteiger partial charge in [-0.3, -0.25) is 4.79 Å². The highest BCUT2D eigenvalue weighted by atomic mass is 16.5. The third-order valence-corrected chi connectivity index (χ3v) is 4.57. The second kappa shape index (κ2) is 6.09. The minimum atomic E-state index is -0.545. The molecule has 1 aliphatic rings. The second-order valence-electron chi connectivity index (χ2n) is 6.28. The van der Waals surface area contributed by atoms with E-state index in [4.69, 9.17) is 4.74 Å². The van der Waals surface area contributed by atoms with E-state index in [0.717, 1.165) is 22.6 Å². The molecule has 1 amide bonds. The first-order valence-corrected chi connectivity index (χ1v) is 8.31. The molecule has 0 fully saturated rings. The Hall–Kier alpha value is -3.08. The van der Waals surface area contributed by atoms with E-state index in [1.165, 1.54) is 0 Å². The normalized spacial score (nSPS) is 18.5. The molecule has 1 aliphatic heterocycles. The number of carbonyl (C=O) groups is 1. The summed E-state index contributed by atoms with van der Waals surface area (Å²) in [7, 11) is 0. The second-order valence-corrected chi connectivity index (χ2v) is 6.28. The minimum absolute atomic E-state index is 0.00426. The van der Waals surface area contributed by atoms with E-state index in [-0.39, 0.29) is 11.8 Å². The number of aryl methyl sites for hydroxylation is 1. The Morgan fingerprint density at radius 2 is 1.84 bits per heavy atom. The largest absolute Gasteiger partial charge is 0.480 e. The summed E-state index contributed by atoms with van der Waals surface area (Å²) in [6, 6.07) is 17.5. The number of carbonyl (C=O) groups excluding carboxylic acids is 1. The Morgan fingerprint density at radius 1 is 1.12 bits per heavy atom. The molecule has 0 bridgehead atoms. The van der Waals surface area contributed by atoms with Crippen LogP contribution in [0.25, 0.3) is 5.69 Å². The molecular weight excluding hydrogens is 314 g/mol. The van der Waals surface area contributed by atoms with Crippen molar-refractivity contribution in [3.05, 3.63) is 71.9 Å². The molecule has 5 nitrogen and oxygen atoms in total. The first-order valence-electron chi connectivity index (χ1n) is 8.31. The zero-order valence-electron chi connectivity index (χ0n) is 14.1. The summed E-state index contributed by atoms with van der Waals surface area (Å²) in [5, 5.41) is 7.39. The highest BCUT2D eigenvalue weighted by Crippen LogP contribution is 2.38. The van der Waals surface area contributed by atoms with Gasteiger partial charge in [0.2, 0.25) is 0 Å². The fourth-order valence-electron chi connectivity index (χ4n) is 3.18. The van der Waals surface area contributed by atoms with Crippen LogP contribution in [0.3, 0.4) is 0 Å². The van der Waals surface area contributed by atoms with Crippen molar-refractivity contribution in [3.8, 4) is 11.4 Å². The van der Waals surface area contributed by atoms with Crippen molar-refractivity contribution in [1.29, 1.82) is 0 Å². The molecular formula is C20H19N3O2. The molecule has 2 unspecified atom stereocenters. The molecule has 2 aromatic carbocycles. The number of hydrogen-bond acceptors (Lipinski definition) is 3. The topological polar surface area (TPSA) is 56.2 Å². The maximum atomic E-state index is 12.9. The third kappa shape index (κ3) is 2.67. The summed E-state index contributed by atoms with van der Waals surface area (Å²) >= 11 is 0. The van der Waals surface area contributed by atoms with Gasteiger partial charge in [0.15, 0.2) is 6.10 Å². The average Bonchev–Trinajstić information content (AvgIpc) is 3.17. The summed E-state index contributed by atoms with van der Waals surface area (Å²) in [6.07, 6.45) is 1.20. The van der Waals surface area contributed by atoms with E-state index in [1.54, 1.807) is 10.9 Å². The Balaban J connectivity index is 1.60. The van der Waals surface area contributed by atoms with Gasteiger partial charge >= 0.3 is 0 Å². The Bertz CT molecular complexity index is 918. The number of fused-ring (bicyclic) bond motifs is 1. The smallest absolute Gasteiger partial charge is 0.267 e. The lowest BCUT2D eigenvalue weighted by atomic mass is 9.97. The maximum Gasteiger partial charge on any atom is 0.267 e. The van der Waals surface area contributed by atoms with Crippen molar-refractivity contribution < 1.29 is 9.53 Å². The standard InChI is InChI=1S/C20H19N3O2/c1-13-12-21-23(15-8-4-3-5-9-15)19(13)22-20(24)18-14(2)16-10-6-7-11-17(16)25-18/h3-12,14,18H,1-2H3,(H,22,24). The van der Waals surface area contributed by atoms with Crippen LogP contribution < -0.4 is 10.1 Å². The van der Waals surface area contributed by atoms with Crippen LogP contribution in [0.1, 0.15) is 24.0 Å². The molecule has 1 aromatic heterocycles. The van der Waals surface area contributed by atoms with Crippen LogP contribution in [-0.2, 0) is 4.79 Å². The molecule has 3 aromatic rings. The molecule has 0 spiro atoms. The minimum Gasteiger partial charge on any atom is -0.480 e. The van der Waals surface area contributed by atoms with Gasteiger partial charge in [0, 0.05) is 17.0 Å². The predicted octanol–water partition coefficient (Wildman–Crippen LogP) is 3.68. The van der Waals surface area contributed by atoms with Crippen molar-refractivity contribution in [2.75, 3.05) is 5.32 Å². The summed E-state index contributed by atoms with van der Waals surface area (Å²) < 4.78 is 7.61. The van der Waals surface area contributed by atoms with Crippen LogP contribution in [0.15, 0.2) is 60.8 Å². The van der Waals surface area contributed by atoms with Gasteiger partial charge in [0.1, 0.15) is 11.6 Å². The fraction of sp³-hybridized carbons (Fsp3) is 0.200. The maximum absolute atomic E-state index is 12.9. The summed E-state index contributed by atoms with van der Waals surface area (Å²) in [5.41, 5.74) is 2.87. The van der Waals surface area contributed by atoms with E-state index in [2.05, 4.69) is 10.4 Å². The number of rotatable bonds is 3. The Kier molecular flexibility index (Phi) is 3.76. The molecule has 2 heterocycles. The number of nitrogens with one attached hydrogen (secondary N) is 1. The SMILES string of the molecule is Cc1cnn(-c2ccccc2)c1NC(=O)C1Oc2ccccc2C1C.